The van der Waals surface area contributed by atoms with Crippen LogP contribution in [-0.2, 0) is 0 Å². The van der Waals surface area contributed by atoms with E-state index in [4.69, 9.17) is 4.98 Å². The molecule has 0 spiro atoms. The Balaban J connectivity index is 0.0000001000. The average Bonchev–Trinajstić information content (AvgIpc) is 1.54. The highest BCUT2D eigenvalue weighted by Crippen LogP contribution is 2.53. The number of fused-ring (bicyclic) bond motifs is 34. The van der Waals surface area contributed by atoms with E-state index in [0.29, 0.717) is 0 Å². The summed E-state index contributed by atoms with van der Waals surface area (Å²) in [5, 5.41) is 30.9. The van der Waals surface area contributed by atoms with E-state index < -0.39 is 0 Å². The molecule has 0 aliphatic rings. The van der Waals surface area contributed by atoms with Gasteiger partial charge in [-0.05, 0) is 214 Å². The van der Waals surface area contributed by atoms with E-state index in [-0.39, 0.29) is 0 Å². The molecule has 0 saturated heterocycles. The summed E-state index contributed by atoms with van der Waals surface area (Å²) in [6.07, 6.45) is 0. The Bertz CT molecular complexity index is 11300. The molecule has 7 nitrogen and oxygen atoms in total. The van der Waals surface area contributed by atoms with E-state index in [1.54, 1.807) is 0 Å². The van der Waals surface area contributed by atoms with Crippen molar-refractivity contribution in [2.45, 2.75) is 0 Å². The molecule has 0 bridgehead atoms. The van der Waals surface area contributed by atoms with E-state index in [2.05, 4.69) is 525 Å². The molecule has 33 rings (SSSR count). The molecule has 0 amide bonds. The molecule has 0 fully saturated rings. The molecule has 0 unspecified atom stereocenters. The number of nitrogens with zero attached hydrogens (tertiary/aromatic N) is 7. The van der Waals surface area contributed by atoms with Crippen LogP contribution in [0.25, 0.3) is 291 Å². The third-order valence-electron chi connectivity index (χ3n) is 30.6. The van der Waals surface area contributed by atoms with Gasteiger partial charge < -0.3 is 27.4 Å². The molecule has 684 valence electrons. The Kier molecular flexibility index (Phi) is 18.7. The minimum absolute atomic E-state index is 0.960. The third kappa shape index (κ3) is 12.9. The van der Waals surface area contributed by atoms with E-state index in [1.807, 2.05) is 40.1 Å². The van der Waals surface area contributed by atoms with Crippen LogP contribution >= 0.6 is 34.0 Å². The van der Waals surface area contributed by atoms with Crippen molar-refractivity contribution in [2.75, 3.05) is 0 Å². The van der Waals surface area contributed by atoms with Gasteiger partial charge in [-0.3, -0.25) is 0 Å². The van der Waals surface area contributed by atoms with Gasteiger partial charge in [0.25, 0.3) is 0 Å². The smallest absolute Gasteiger partial charge is 0.0710 e. The molecule has 33 aromatic rings. The van der Waals surface area contributed by atoms with E-state index >= 15 is 0 Å². The van der Waals surface area contributed by atoms with E-state index in [0.717, 1.165) is 45.1 Å². The molecule has 23 aromatic carbocycles. The molecule has 0 N–H and O–H groups in total. The Hall–Kier alpha value is -18.6. The van der Waals surface area contributed by atoms with Gasteiger partial charge in [-0.25, -0.2) is 4.98 Å². The van der Waals surface area contributed by atoms with Gasteiger partial charge in [0.15, 0.2) is 0 Å². The Morgan fingerprint density at radius 1 is 0.143 bits per heavy atom. The minimum Gasteiger partial charge on any atom is -0.309 e. The third-order valence-corrected chi connectivity index (χ3v) is 34.3. The quantitative estimate of drug-likeness (QED) is 0.133. The summed E-state index contributed by atoms with van der Waals surface area (Å²) < 4.78 is 22.8. The highest BCUT2D eigenvalue weighted by atomic mass is 32.1. The highest BCUT2D eigenvalue weighted by Gasteiger charge is 2.29. The summed E-state index contributed by atoms with van der Waals surface area (Å²) in [5.41, 5.74) is 28.1. The van der Waals surface area contributed by atoms with Crippen LogP contribution in [0.4, 0.5) is 0 Å². The van der Waals surface area contributed by atoms with Gasteiger partial charge in [-0.2, -0.15) is 0 Å². The van der Waals surface area contributed by atoms with Crippen molar-refractivity contribution < 1.29 is 0 Å². The molecule has 0 atom stereocenters. The normalized spacial score (nSPS) is 12.1. The van der Waals surface area contributed by atoms with Crippen LogP contribution in [0, 0.1) is 0 Å². The van der Waals surface area contributed by atoms with Crippen LogP contribution in [0.15, 0.2) is 504 Å². The lowest BCUT2D eigenvalue weighted by atomic mass is 10.00. The van der Waals surface area contributed by atoms with Gasteiger partial charge >= 0.3 is 0 Å². The van der Waals surface area contributed by atoms with Crippen LogP contribution in [0.1, 0.15) is 0 Å². The molecule has 147 heavy (non-hydrogen) atoms. The first-order chi connectivity index (χ1) is 72.9. The van der Waals surface area contributed by atoms with E-state index in [9.17, 15) is 0 Å². The van der Waals surface area contributed by atoms with Gasteiger partial charge in [-0.15, -0.1) is 34.0 Å². The van der Waals surface area contributed by atoms with Gasteiger partial charge in [-0.1, -0.05) is 328 Å². The van der Waals surface area contributed by atoms with Crippen LogP contribution in [0.3, 0.4) is 0 Å². The van der Waals surface area contributed by atoms with Gasteiger partial charge in [0, 0.05) is 170 Å². The predicted molar refractivity (Wildman–Crippen MR) is 631 cm³/mol. The summed E-state index contributed by atoms with van der Waals surface area (Å²) in [5.74, 6) is 0. The fourth-order valence-electron chi connectivity index (χ4n) is 24.2. The van der Waals surface area contributed by atoms with Crippen molar-refractivity contribution in [1.29, 1.82) is 0 Å². The number of thiophene rings is 3. The van der Waals surface area contributed by atoms with E-state index in [1.165, 1.54) is 246 Å². The van der Waals surface area contributed by atoms with Crippen LogP contribution in [0.5, 0.6) is 0 Å². The molecule has 0 radical (unpaired) electrons. The zero-order valence-electron chi connectivity index (χ0n) is 79.3. The van der Waals surface area contributed by atoms with Crippen LogP contribution in [-0.4, -0.2) is 32.4 Å². The second-order valence-corrected chi connectivity index (χ2v) is 41.8. The molecular weight excluding hydrogens is 1840 g/mol. The monoisotopic (exact) mass is 1920 g/mol. The van der Waals surface area contributed by atoms with Crippen molar-refractivity contribution >= 4 is 258 Å². The first-order valence-corrected chi connectivity index (χ1v) is 52.6. The molecule has 10 heterocycles. The molecule has 0 saturated carbocycles. The van der Waals surface area contributed by atoms with Crippen LogP contribution < -0.4 is 0 Å². The number of hydrogen-bond donors (Lipinski definition) is 0. The lowest BCUT2D eigenvalue weighted by Crippen LogP contribution is -1.97. The average molecular weight is 1920 g/mol. The maximum atomic E-state index is 5.13. The fraction of sp³-hybridized carbons (Fsp3) is 0. The maximum absolute atomic E-state index is 5.13. The van der Waals surface area contributed by atoms with Crippen molar-refractivity contribution in [3.63, 3.8) is 0 Å². The predicted octanol–water partition coefficient (Wildman–Crippen LogP) is 38.6. The molecule has 0 aliphatic heterocycles. The number of benzene rings is 23. The van der Waals surface area contributed by atoms with Crippen molar-refractivity contribution in [3.8, 4) is 67.8 Å². The number of rotatable bonds is 9. The highest BCUT2D eigenvalue weighted by molar-refractivity contribution is 7.27. The number of pyridine rings is 1. The SMILES string of the molecule is c1ccc(-c2cccc(-c3ccc4c5cc6c7c8sc9ccccc9c8ccc7n(-c7ccccc7)c6cc5n(-c5ccccc5)c4c3)n2)cc1.c1ccc(-n2c3cc(-c4ccc5ccccc5c4)ccc3c3cc4c5c6sc7ccccc7c6ccc5n(-c5ccccc5)c4cc32)cc1.c1ccc(-n2c3ccccc3c3cc4c5c6sc7ccccc7c6ccc5n(-c5cc6ccccc6c6ccccc56)c4cc32)cc1. The summed E-state index contributed by atoms with van der Waals surface area (Å²) in [7, 11) is 0. The Morgan fingerprint density at radius 3 is 0.932 bits per heavy atom. The summed E-state index contributed by atoms with van der Waals surface area (Å²) in [4.78, 5) is 5.13. The topological polar surface area (TPSA) is 42.5 Å². The largest absolute Gasteiger partial charge is 0.309 e. The summed E-state index contributed by atoms with van der Waals surface area (Å²) >= 11 is 5.72. The number of para-hydroxylation sites is 6. The van der Waals surface area contributed by atoms with Crippen molar-refractivity contribution in [3.05, 3.63) is 504 Å². The van der Waals surface area contributed by atoms with Gasteiger partial charge in [0.05, 0.1) is 83.3 Å². The molecule has 0 aliphatic carbocycles. The first-order valence-electron chi connectivity index (χ1n) is 50.2. The molecule has 10 aromatic heterocycles. The second-order valence-electron chi connectivity index (χ2n) is 38.6. The second kappa shape index (κ2) is 33.0. The first kappa shape index (κ1) is 83.1. The van der Waals surface area contributed by atoms with Gasteiger partial charge in [0.2, 0.25) is 0 Å². The zero-order chi connectivity index (χ0) is 96.2. The van der Waals surface area contributed by atoms with Crippen LogP contribution in [0.2, 0.25) is 0 Å². The van der Waals surface area contributed by atoms with Crippen molar-refractivity contribution in [2.24, 2.45) is 0 Å². The summed E-state index contributed by atoms with van der Waals surface area (Å²) in [6.45, 7) is 0. The summed E-state index contributed by atoms with van der Waals surface area (Å²) in [6, 6.07) is 184. The Labute approximate surface area is 854 Å². The zero-order valence-corrected chi connectivity index (χ0v) is 81.7. The standard InChI is InChI=1S/C47H29N3S.C46H28N2S.C44H26N2S/c1-4-13-30(14-5-1)39-20-12-21-40(48-39)31-23-24-34-37-28-38-44(29-43(37)50(42(34)27-31)33-17-8-3-9-18-33)49(32-15-6-2-7-16-32)41-26-25-36-35-19-10-11-22-45(35)51-47(36)46(38)41;1-3-13-33(14-4-1)47-40-24-23-37-36-17-9-10-18-44(36)49-46(37)45(40)39-27-38-35-22-21-32(31-20-19-29-11-7-8-12-30(29)25-31)26-41(35)48(42(38)28-43(39)47)34-15-5-2-6-16-34;1-2-13-28(14-3-1)45-37-20-10-8-18-32(37)35-25-36-41(26-40(35)45)46(38-23-22-34-33-19-9-11-21-42(33)47-44(34)43(36)38)39-24-27-12-4-5-15-29(27)30-16-6-7-17-31(30)39/h1-29H;1-28H;1-26H. The number of aromatic nitrogens is 7. The fourth-order valence-corrected chi connectivity index (χ4v) is 27.9. The molecular formula is C137H83N7S3. The van der Waals surface area contributed by atoms with Gasteiger partial charge in [0.1, 0.15) is 0 Å². The van der Waals surface area contributed by atoms with Crippen molar-refractivity contribution in [1.82, 2.24) is 32.4 Å². The lowest BCUT2D eigenvalue weighted by Gasteiger charge is -2.15. The Morgan fingerprint density at radius 2 is 0.456 bits per heavy atom. The number of hydrogen-bond acceptors (Lipinski definition) is 4. The maximum Gasteiger partial charge on any atom is 0.0710 e. The molecule has 10 heteroatoms. The minimum atomic E-state index is 0.960. The lowest BCUT2D eigenvalue weighted by molar-refractivity contribution is 1.16.